The largest absolute Gasteiger partial charge is 0.462 e. The van der Waals surface area contributed by atoms with Crippen LogP contribution >= 0.6 is 0 Å². The highest BCUT2D eigenvalue weighted by Gasteiger charge is 2.19. The predicted octanol–water partition coefficient (Wildman–Crippen LogP) is 16.1. The van der Waals surface area contributed by atoms with Crippen LogP contribution < -0.4 is 0 Å². The number of hydrogen-bond donors (Lipinski definition) is 0. The SMILES string of the molecule is CC/C=C/C=C/C=C/C=C/C=C/C=C/CCCCCC(=O)OCC(COC(=O)CCCCC/C=C/C=C/C=C/C=C/CC)OC(=O)CCCCCCCCCCCCCCCC. The molecule has 0 aliphatic rings. The molecule has 0 heterocycles. The molecule has 0 aromatic heterocycles. The molecule has 0 radical (unpaired) electrons. The van der Waals surface area contributed by atoms with Crippen LogP contribution in [0.25, 0.3) is 0 Å². The second-order valence-electron chi connectivity index (χ2n) is 15.9. The molecule has 6 heteroatoms. The molecule has 0 spiro atoms. The standard InChI is InChI=1S/C56H88O6/c1-4-7-10-13-16-19-22-25-27-28-29-32-34-37-40-43-46-49-55(58)61-52-53(51-60-54(57)48-45-42-39-36-33-30-24-21-18-15-12-9-6-3)62-56(59)50-47-44-41-38-35-31-26-23-20-17-14-11-8-5-2/h7,9-10,12-13,15-16,18-19,21-22,24-25,27-30,32-34,53H,4-6,8,11,14,17,20,23,26,31,35-52H2,1-3H3/b10-7+,12-9+,16-13+,18-15+,22-19+,24-21+,27-25+,29-28+,33-30+,34-32+. The van der Waals surface area contributed by atoms with E-state index >= 15 is 0 Å². The van der Waals surface area contributed by atoms with Gasteiger partial charge >= 0.3 is 17.9 Å². The summed E-state index contributed by atoms with van der Waals surface area (Å²) in [6, 6.07) is 0. The van der Waals surface area contributed by atoms with E-state index in [1.54, 1.807) is 0 Å². The molecule has 0 amide bonds. The van der Waals surface area contributed by atoms with Crippen LogP contribution in [0.2, 0.25) is 0 Å². The third-order valence-corrected chi connectivity index (χ3v) is 9.97. The van der Waals surface area contributed by atoms with Crippen LogP contribution in [-0.2, 0) is 28.6 Å². The molecule has 0 aliphatic heterocycles. The second-order valence-corrected chi connectivity index (χ2v) is 15.9. The summed E-state index contributed by atoms with van der Waals surface area (Å²) >= 11 is 0. The lowest BCUT2D eigenvalue weighted by atomic mass is 10.0. The van der Waals surface area contributed by atoms with E-state index in [9.17, 15) is 14.4 Å². The van der Waals surface area contributed by atoms with Crippen molar-refractivity contribution in [2.24, 2.45) is 0 Å². The molecule has 0 saturated heterocycles. The first-order valence-electron chi connectivity index (χ1n) is 24.7. The molecule has 0 rings (SSSR count). The van der Waals surface area contributed by atoms with Crippen molar-refractivity contribution in [2.75, 3.05) is 13.2 Å². The van der Waals surface area contributed by atoms with E-state index in [-0.39, 0.29) is 31.1 Å². The molecular formula is C56H88O6. The summed E-state index contributed by atoms with van der Waals surface area (Å²) in [5.41, 5.74) is 0. The fraction of sp³-hybridized carbons (Fsp3) is 0.589. The molecule has 0 aromatic rings. The highest BCUT2D eigenvalue weighted by molar-refractivity contribution is 5.71. The quantitative estimate of drug-likeness (QED) is 0.0263. The van der Waals surface area contributed by atoms with Gasteiger partial charge in [-0.3, -0.25) is 14.4 Å². The van der Waals surface area contributed by atoms with Gasteiger partial charge in [0.15, 0.2) is 6.10 Å². The van der Waals surface area contributed by atoms with Crippen molar-refractivity contribution in [1.29, 1.82) is 0 Å². The Hall–Kier alpha value is -4.19. The van der Waals surface area contributed by atoms with Crippen molar-refractivity contribution in [2.45, 2.75) is 200 Å². The summed E-state index contributed by atoms with van der Waals surface area (Å²) < 4.78 is 16.7. The molecule has 0 aromatic carbocycles. The van der Waals surface area contributed by atoms with Crippen molar-refractivity contribution in [3.63, 3.8) is 0 Å². The minimum Gasteiger partial charge on any atom is -0.462 e. The van der Waals surface area contributed by atoms with E-state index in [0.29, 0.717) is 19.3 Å². The molecule has 0 bridgehead atoms. The second kappa shape index (κ2) is 49.5. The Balaban J connectivity index is 4.55. The maximum atomic E-state index is 12.8. The third-order valence-electron chi connectivity index (χ3n) is 9.97. The lowest BCUT2D eigenvalue weighted by molar-refractivity contribution is -0.167. The Kier molecular flexibility index (Phi) is 46.1. The lowest BCUT2D eigenvalue weighted by Crippen LogP contribution is -2.30. The third kappa shape index (κ3) is 46.9. The van der Waals surface area contributed by atoms with Gasteiger partial charge in [-0.25, -0.2) is 0 Å². The fourth-order valence-electron chi connectivity index (χ4n) is 6.31. The molecule has 0 saturated carbocycles. The molecule has 6 nitrogen and oxygen atoms in total. The summed E-state index contributed by atoms with van der Waals surface area (Å²) in [7, 11) is 0. The van der Waals surface area contributed by atoms with Crippen LogP contribution in [0.5, 0.6) is 0 Å². The van der Waals surface area contributed by atoms with Gasteiger partial charge in [-0.2, -0.15) is 0 Å². The number of ether oxygens (including phenoxy) is 3. The molecule has 62 heavy (non-hydrogen) atoms. The van der Waals surface area contributed by atoms with Crippen molar-refractivity contribution < 1.29 is 28.6 Å². The first kappa shape index (κ1) is 57.8. The smallest absolute Gasteiger partial charge is 0.306 e. The van der Waals surface area contributed by atoms with Gasteiger partial charge in [0.2, 0.25) is 0 Å². The van der Waals surface area contributed by atoms with E-state index in [4.69, 9.17) is 14.2 Å². The predicted molar refractivity (Wildman–Crippen MR) is 265 cm³/mol. The monoisotopic (exact) mass is 857 g/mol. The van der Waals surface area contributed by atoms with Crippen LogP contribution in [-0.4, -0.2) is 37.2 Å². The van der Waals surface area contributed by atoms with Gasteiger partial charge in [-0.05, 0) is 57.8 Å². The number of esters is 3. The van der Waals surface area contributed by atoms with Gasteiger partial charge in [0.25, 0.3) is 0 Å². The summed E-state index contributed by atoms with van der Waals surface area (Å²) in [6.45, 7) is 6.26. The number of allylic oxidation sites excluding steroid dienone is 20. The Morgan fingerprint density at radius 2 is 0.629 bits per heavy atom. The van der Waals surface area contributed by atoms with Crippen LogP contribution in [0.4, 0.5) is 0 Å². The zero-order valence-electron chi connectivity index (χ0n) is 39.6. The summed E-state index contributed by atoms with van der Waals surface area (Å²) in [5.74, 6) is -1.00. The minimum absolute atomic E-state index is 0.115. The Morgan fingerprint density at radius 1 is 0.339 bits per heavy atom. The van der Waals surface area contributed by atoms with Gasteiger partial charge in [-0.1, -0.05) is 239 Å². The molecular weight excluding hydrogens is 769 g/mol. The topological polar surface area (TPSA) is 78.9 Å². The van der Waals surface area contributed by atoms with Crippen molar-refractivity contribution in [1.82, 2.24) is 0 Å². The van der Waals surface area contributed by atoms with E-state index < -0.39 is 6.10 Å². The van der Waals surface area contributed by atoms with Crippen LogP contribution in [0, 0.1) is 0 Å². The van der Waals surface area contributed by atoms with E-state index in [1.807, 2.05) is 97.2 Å². The van der Waals surface area contributed by atoms with Crippen molar-refractivity contribution in [3.05, 3.63) is 122 Å². The number of hydrogen-bond acceptors (Lipinski definition) is 6. The van der Waals surface area contributed by atoms with Crippen molar-refractivity contribution in [3.8, 4) is 0 Å². The van der Waals surface area contributed by atoms with E-state index in [2.05, 4.69) is 45.1 Å². The first-order chi connectivity index (χ1) is 30.5. The average Bonchev–Trinajstić information content (AvgIpc) is 3.27. The van der Waals surface area contributed by atoms with E-state index in [1.165, 1.54) is 70.6 Å². The maximum Gasteiger partial charge on any atom is 0.306 e. The highest BCUT2D eigenvalue weighted by atomic mass is 16.6. The minimum atomic E-state index is -0.813. The maximum absolute atomic E-state index is 12.8. The highest BCUT2D eigenvalue weighted by Crippen LogP contribution is 2.14. The molecule has 0 aliphatic carbocycles. The number of carbonyl (C=O) groups excluding carboxylic acids is 3. The normalized spacial score (nSPS) is 13.1. The summed E-state index contributed by atoms with van der Waals surface area (Å²) in [4.78, 5) is 37.9. The van der Waals surface area contributed by atoms with Gasteiger partial charge in [0.05, 0.1) is 0 Å². The first-order valence-corrected chi connectivity index (χ1v) is 24.7. The van der Waals surface area contributed by atoms with Crippen LogP contribution in [0.3, 0.4) is 0 Å². The number of rotatable bonds is 42. The van der Waals surface area contributed by atoms with Crippen LogP contribution in [0.1, 0.15) is 194 Å². The molecule has 348 valence electrons. The Labute approximate surface area is 380 Å². The van der Waals surface area contributed by atoms with Crippen LogP contribution in [0.15, 0.2) is 122 Å². The Bertz CT molecular complexity index is 1350. The van der Waals surface area contributed by atoms with Gasteiger partial charge < -0.3 is 14.2 Å². The van der Waals surface area contributed by atoms with E-state index in [0.717, 1.165) is 83.5 Å². The molecule has 1 atom stereocenters. The Morgan fingerprint density at radius 3 is 0.984 bits per heavy atom. The zero-order chi connectivity index (χ0) is 45.1. The van der Waals surface area contributed by atoms with Gasteiger partial charge in [-0.15, -0.1) is 0 Å². The summed E-state index contributed by atoms with van der Waals surface area (Å²) in [6.07, 6.45) is 67.5. The van der Waals surface area contributed by atoms with Crippen molar-refractivity contribution >= 4 is 17.9 Å². The lowest BCUT2D eigenvalue weighted by Gasteiger charge is -2.18. The molecule has 0 fully saturated rings. The zero-order valence-corrected chi connectivity index (χ0v) is 39.6. The van der Waals surface area contributed by atoms with Gasteiger partial charge in [0.1, 0.15) is 13.2 Å². The van der Waals surface area contributed by atoms with Gasteiger partial charge in [0, 0.05) is 19.3 Å². The molecule has 1 unspecified atom stereocenters. The number of carbonyl (C=O) groups is 3. The number of unbranched alkanes of at least 4 members (excludes halogenated alkanes) is 19. The summed E-state index contributed by atoms with van der Waals surface area (Å²) in [5, 5.41) is 0. The molecule has 0 N–H and O–H groups in total. The average molecular weight is 857 g/mol. The fourth-order valence-corrected chi connectivity index (χ4v) is 6.31.